The van der Waals surface area contributed by atoms with E-state index in [-0.39, 0.29) is 0 Å². The van der Waals surface area contributed by atoms with Gasteiger partial charge in [0.1, 0.15) is 0 Å². The van der Waals surface area contributed by atoms with Gasteiger partial charge in [-0.2, -0.15) is 0 Å². The fourth-order valence-corrected chi connectivity index (χ4v) is 5.01. The number of nitrogens with one attached hydrogen (secondary N) is 2. The van der Waals surface area contributed by atoms with Gasteiger partial charge in [0.2, 0.25) is 0 Å². The predicted molar refractivity (Wildman–Crippen MR) is 99.4 cm³/mol. The first kappa shape index (κ1) is 18.7. The van der Waals surface area contributed by atoms with E-state index >= 15 is 0 Å². The van der Waals surface area contributed by atoms with E-state index in [1.807, 2.05) is 6.92 Å². The van der Waals surface area contributed by atoms with Gasteiger partial charge in [-0.15, -0.1) is 0 Å². The average Bonchev–Trinajstić information content (AvgIpc) is 2.98. The Balaban J connectivity index is 1.86. The highest BCUT2D eigenvalue weighted by molar-refractivity contribution is 7.85. The maximum Gasteiger partial charge on any atom is 0.191 e. The molecule has 0 radical (unpaired) electrons. The van der Waals surface area contributed by atoms with Crippen molar-refractivity contribution in [2.24, 2.45) is 10.9 Å². The average molecular weight is 343 g/mol. The summed E-state index contributed by atoms with van der Waals surface area (Å²) in [5, 5.41) is 7.32. The molecule has 2 aliphatic rings. The summed E-state index contributed by atoms with van der Waals surface area (Å²) in [4.78, 5) is 7.19. The van der Waals surface area contributed by atoms with Gasteiger partial charge >= 0.3 is 0 Å². The molecule has 6 heteroatoms. The molecule has 1 heterocycles. The van der Waals surface area contributed by atoms with Crippen molar-refractivity contribution in [2.75, 3.05) is 39.0 Å². The number of aliphatic imine (C=N–C) groups is 1. The van der Waals surface area contributed by atoms with Crippen LogP contribution in [0, 0.1) is 5.92 Å². The third-order valence-corrected chi connectivity index (χ3v) is 6.70. The molecule has 1 saturated heterocycles. The summed E-state index contributed by atoms with van der Waals surface area (Å²) in [6.07, 6.45) is 5.70. The molecular weight excluding hydrogens is 308 g/mol. The third-order valence-electron chi connectivity index (χ3n) is 4.96. The van der Waals surface area contributed by atoms with Crippen LogP contribution in [-0.2, 0) is 10.8 Å². The van der Waals surface area contributed by atoms with Crippen LogP contribution in [0.1, 0.15) is 46.0 Å². The molecule has 0 aromatic heterocycles. The van der Waals surface area contributed by atoms with Crippen LogP contribution in [0.15, 0.2) is 4.99 Å². The Labute approximate surface area is 144 Å². The Morgan fingerprint density at radius 2 is 2.13 bits per heavy atom. The summed E-state index contributed by atoms with van der Waals surface area (Å²) in [6.45, 7) is 8.26. The third kappa shape index (κ3) is 6.07. The maximum atomic E-state index is 12.1. The number of hydrogen-bond donors (Lipinski definition) is 2. The van der Waals surface area contributed by atoms with Crippen LogP contribution in [0.2, 0.25) is 0 Å². The molecular formula is C17H34N4OS. The molecule has 1 aliphatic carbocycles. The van der Waals surface area contributed by atoms with Gasteiger partial charge < -0.3 is 15.5 Å². The number of likely N-dealkylation sites (tertiary alicyclic amines) is 1. The van der Waals surface area contributed by atoms with Gasteiger partial charge in [-0.25, -0.2) is 0 Å². The van der Waals surface area contributed by atoms with Gasteiger partial charge in [-0.05, 0) is 52.1 Å². The van der Waals surface area contributed by atoms with Crippen molar-refractivity contribution in [3.05, 3.63) is 0 Å². The van der Waals surface area contributed by atoms with Crippen LogP contribution in [0.25, 0.3) is 0 Å². The predicted octanol–water partition coefficient (Wildman–Crippen LogP) is 1.57. The standard InChI is InChI=1S/C17H34N4OS/c1-4-18-17(19-12-14-9-10-21(3)13-14)20-15-7-6-8-16(11-15)23(22)5-2/h14-16H,4-13H2,1-3H3,(H2,18,19,20). The molecule has 0 aromatic rings. The summed E-state index contributed by atoms with van der Waals surface area (Å²) in [5.41, 5.74) is 0. The lowest BCUT2D eigenvalue weighted by atomic mass is 9.95. The van der Waals surface area contributed by atoms with Crippen LogP contribution >= 0.6 is 0 Å². The van der Waals surface area contributed by atoms with Gasteiger partial charge in [-0.3, -0.25) is 9.20 Å². The molecule has 2 fully saturated rings. The van der Waals surface area contributed by atoms with Crippen molar-refractivity contribution >= 4 is 16.8 Å². The Kier molecular flexibility index (Phi) is 7.83. The second-order valence-electron chi connectivity index (χ2n) is 6.94. The van der Waals surface area contributed by atoms with Crippen LogP contribution in [0.3, 0.4) is 0 Å². The maximum absolute atomic E-state index is 12.1. The zero-order valence-electron chi connectivity index (χ0n) is 15.0. The highest BCUT2D eigenvalue weighted by Gasteiger charge is 2.26. The van der Waals surface area contributed by atoms with Crippen LogP contribution in [0.5, 0.6) is 0 Å². The fraction of sp³-hybridized carbons (Fsp3) is 0.941. The zero-order valence-corrected chi connectivity index (χ0v) is 15.8. The molecule has 23 heavy (non-hydrogen) atoms. The van der Waals surface area contributed by atoms with Crippen LogP contribution < -0.4 is 10.6 Å². The number of rotatable bonds is 6. The second-order valence-corrected chi connectivity index (χ2v) is 8.94. The first-order valence-corrected chi connectivity index (χ1v) is 10.6. The Hall–Kier alpha value is -0.620. The Bertz CT molecular complexity index is 415. The summed E-state index contributed by atoms with van der Waals surface area (Å²) >= 11 is 0. The quantitative estimate of drug-likeness (QED) is 0.568. The minimum atomic E-state index is -0.668. The highest BCUT2D eigenvalue weighted by Crippen LogP contribution is 2.23. The van der Waals surface area contributed by atoms with E-state index in [4.69, 9.17) is 4.99 Å². The lowest BCUT2D eigenvalue weighted by Gasteiger charge is -2.30. The summed E-state index contributed by atoms with van der Waals surface area (Å²) in [5.74, 6) is 2.40. The highest BCUT2D eigenvalue weighted by atomic mass is 32.2. The SMILES string of the molecule is CCNC(=NCC1CCN(C)C1)NC1CCCC(S(=O)CC)C1. The first-order valence-electron chi connectivity index (χ1n) is 9.22. The Morgan fingerprint density at radius 1 is 1.30 bits per heavy atom. The molecule has 134 valence electrons. The van der Waals surface area contributed by atoms with E-state index in [2.05, 4.69) is 29.5 Å². The van der Waals surface area contributed by atoms with Crippen molar-refractivity contribution in [3.63, 3.8) is 0 Å². The van der Waals surface area contributed by atoms with E-state index in [1.54, 1.807) is 0 Å². The molecule has 0 spiro atoms. The van der Waals surface area contributed by atoms with E-state index < -0.39 is 10.8 Å². The Morgan fingerprint density at radius 3 is 2.78 bits per heavy atom. The molecule has 1 saturated carbocycles. The molecule has 2 rings (SSSR count). The zero-order chi connectivity index (χ0) is 16.7. The van der Waals surface area contributed by atoms with Crippen molar-refractivity contribution in [1.29, 1.82) is 0 Å². The molecule has 2 N–H and O–H groups in total. The largest absolute Gasteiger partial charge is 0.357 e. The number of guanidine groups is 1. The van der Waals surface area contributed by atoms with Crippen LogP contribution in [0.4, 0.5) is 0 Å². The lowest BCUT2D eigenvalue weighted by Crippen LogP contribution is -2.46. The van der Waals surface area contributed by atoms with Crippen molar-refractivity contribution in [2.45, 2.75) is 57.2 Å². The number of nitrogens with zero attached hydrogens (tertiary/aromatic N) is 2. The van der Waals surface area contributed by atoms with Gasteiger partial charge in [0, 0.05) is 47.5 Å². The molecule has 4 unspecified atom stereocenters. The van der Waals surface area contributed by atoms with E-state index in [0.29, 0.717) is 17.2 Å². The monoisotopic (exact) mass is 342 g/mol. The molecule has 4 atom stereocenters. The van der Waals surface area contributed by atoms with Crippen molar-refractivity contribution < 1.29 is 4.21 Å². The summed E-state index contributed by atoms with van der Waals surface area (Å²) < 4.78 is 12.1. The molecule has 0 bridgehead atoms. The minimum Gasteiger partial charge on any atom is -0.357 e. The van der Waals surface area contributed by atoms with Gasteiger partial charge in [0.05, 0.1) is 0 Å². The molecule has 0 amide bonds. The fourth-order valence-electron chi connectivity index (χ4n) is 3.66. The van der Waals surface area contributed by atoms with E-state index in [1.165, 1.54) is 19.4 Å². The van der Waals surface area contributed by atoms with Crippen LogP contribution in [-0.4, -0.2) is 65.3 Å². The number of hydrogen-bond acceptors (Lipinski definition) is 3. The first-order chi connectivity index (χ1) is 11.1. The molecule has 5 nitrogen and oxygen atoms in total. The smallest absolute Gasteiger partial charge is 0.191 e. The van der Waals surface area contributed by atoms with Gasteiger partial charge in [-0.1, -0.05) is 13.3 Å². The van der Waals surface area contributed by atoms with E-state index in [9.17, 15) is 4.21 Å². The van der Waals surface area contributed by atoms with Gasteiger partial charge in [0.25, 0.3) is 0 Å². The van der Waals surface area contributed by atoms with Crippen molar-refractivity contribution in [1.82, 2.24) is 15.5 Å². The lowest BCUT2D eigenvalue weighted by molar-refractivity contribution is 0.396. The van der Waals surface area contributed by atoms with E-state index in [0.717, 1.165) is 50.6 Å². The van der Waals surface area contributed by atoms with Crippen molar-refractivity contribution in [3.8, 4) is 0 Å². The molecule has 0 aromatic carbocycles. The molecule has 1 aliphatic heterocycles. The minimum absolute atomic E-state index is 0.359. The normalized spacial score (nSPS) is 31.1. The summed E-state index contributed by atoms with van der Waals surface area (Å²) in [6, 6.07) is 0.410. The van der Waals surface area contributed by atoms with Gasteiger partial charge in [0.15, 0.2) is 5.96 Å². The second kappa shape index (κ2) is 9.62. The topological polar surface area (TPSA) is 56.7 Å². The summed E-state index contributed by atoms with van der Waals surface area (Å²) in [7, 11) is 1.52.